The van der Waals surface area contributed by atoms with Gasteiger partial charge in [0.2, 0.25) is 0 Å². The fraction of sp³-hybridized carbons (Fsp3) is 0.217. The number of ether oxygens (including phenoxy) is 1. The molecule has 1 aliphatic rings. The van der Waals surface area contributed by atoms with Gasteiger partial charge in [0.05, 0.1) is 11.4 Å². The summed E-state index contributed by atoms with van der Waals surface area (Å²) in [6, 6.07) is 17.4. The zero-order chi connectivity index (χ0) is 20.5. The molecule has 2 amide bonds. The molecule has 1 N–H and O–H groups in total. The fourth-order valence-corrected chi connectivity index (χ4v) is 3.63. The third-order valence-electron chi connectivity index (χ3n) is 4.26. The molecule has 0 bridgehead atoms. The Kier molecular flexibility index (Phi) is 7.51. The minimum Gasteiger partial charge on any atom is -0.489 e. The number of hydrogen-bond acceptors (Lipinski definition) is 5. The van der Waals surface area contributed by atoms with E-state index >= 15 is 0 Å². The molecule has 1 aliphatic heterocycles. The van der Waals surface area contributed by atoms with Gasteiger partial charge in [-0.15, -0.1) is 6.42 Å². The van der Waals surface area contributed by atoms with Gasteiger partial charge in [-0.25, -0.2) is 0 Å². The summed E-state index contributed by atoms with van der Waals surface area (Å²) in [4.78, 5) is 26.4. The third kappa shape index (κ3) is 5.98. The zero-order valence-corrected chi connectivity index (χ0v) is 16.8. The Morgan fingerprint density at radius 2 is 1.86 bits per heavy atom. The van der Waals surface area contributed by atoms with Gasteiger partial charge in [0, 0.05) is 6.54 Å². The zero-order valence-electron chi connectivity index (χ0n) is 16.0. The highest BCUT2D eigenvalue weighted by molar-refractivity contribution is 8.18. The number of carbonyl (C=O) groups excluding carboxylic acids is 2. The van der Waals surface area contributed by atoms with Gasteiger partial charge < -0.3 is 10.1 Å². The first-order valence-corrected chi connectivity index (χ1v) is 10.2. The number of thioether (sulfide) groups is 1. The number of imide groups is 1. The summed E-state index contributed by atoms with van der Waals surface area (Å²) in [7, 11) is 0. The maximum atomic E-state index is 12.5. The van der Waals surface area contributed by atoms with E-state index in [2.05, 4.69) is 11.2 Å². The van der Waals surface area contributed by atoms with Crippen LogP contribution in [0.2, 0.25) is 0 Å². The molecule has 6 heteroatoms. The van der Waals surface area contributed by atoms with Crippen LogP contribution in [0.3, 0.4) is 0 Å². The van der Waals surface area contributed by atoms with E-state index in [1.165, 1.54) is 4.90 Å². The smallest absolute Gasteiger partial charge is 0.293 e. The van der Waals surface area contributed by atoms with Crippen molar-refractivity contribution in [1.29, 1.82) is 0 Å². The van der Waals surface area contributed by atoms with E-state index in [9.17, 15) is 9.59 Å². The number of amides is 2. The van der Waals surface area contributed by atoms with Gasteiger partial charge in [-0.3, -0.25) is 14.5 Å². The molecular weight excluding hydrogens is 384 g/mol. The van der Waals surface area contributed by atoms with Crippen LogP contribution >= 0.6 is 11.8 Å². The Bertz CT molecular complexity index is 917. The minimum absolute atomic E-state index is 0.235. The van der Waals surface area contributed by atoms with Crippen molar-refractivity contribution in [3.05, 3.63) is 70.6 Å². The van der Waals surface area contributed by atoms with E-state index < -0.39 is 0 Å². The molecule has 0 spiro atoms. The van der Waals surface area contributed by atoms with Crippen molar-refractivity contribution < 1.29 is 14.3 Å². The van der Waals surface area contributed by atoms with Crippen LogP contribution in [0.25, 0.3) is 6.08 Å². The molecule has 2 aromatic carbocycles. The van der Waals surface area contributed by atoms with Crippen LogP contribution < -0.4 is 10.1 Å². The number of nitrogens with one attached hydrogen (secondary N) is 1. The molecule has 148 valence electrons. The van der Waals surface area contributed by atoms with Crippen LogP contribution in [0, 0.1) is 12.3 Å². The van der Waals surface area contributed by atoms with Crippen molar-refractivity contribution in [2.45, 2.75) is 13.0 Å². The third-order valence-corrected chi connectivity index (χ3v) is 5.17. The Labute approximate surface area is 175 Å². The second-order valence-corrected chi connectivity index (χ2v) is 7.40. The van der Waals surface area contributed by atoms with Crippen molar-refractivity contribution in [3.8, 4) is 18.1 Å². The second kappa shape index (κ2) is 10.5. The number of hydrogen-bond donors (Lipinski definition) is 1. The van der Waals surface area contributed by atoms with Crippen molar-refractivity contribution in [1.82, 2.24) is 10.2 Å². The first kappa shape index (κ1) is 20.7. The summed E-state index contributed by atoms with van der Waals surface area (Å²) in [5.41, 5.74) is 1.94. The maximum absolute atomic E-state index is 12.5. The Balaban J connectivity index is 1.55. The van der Waals surface area contributed by atoms with Crippen LogP contribution in [-0.2, 0) is 11.4 Å². The summed E-state index contributed by atoms with van der Waals surface area (Å²) < 4.78 is 5.77. The van der Waals surface area contributed by atoms with Gasteiger partial charge >= 0.3 is 0 Å². The molecule has 5 nitrogen and oxygen atoms in total. The lowest BCUT2D eigenvalue weighted by Crippen LogP contribution is -2.31. The quantitative estimate of drug-likeness (QED) is 0.389. The van der Waals surface area contributed by atoms with E-state index in [4.69, 9.17) is 11.2 Å². The molecule has 1 saturated heterocycles. The number of nitrogens with zero attached hydrogens (tertiary/aromatic N) is 1. The van der Waals surface area contributed by atoms with E-state index in [0.29, 0.717) is 37.6 Å². The molecule has 0 atom stereocenters. The summed E-state index contributed by atoms with van der Waals surface area (Å²) >= 11 is 0.971. The molecule has 0 aromatic heterocycles. The molecule has 2 aromatic rings. The van der Waals surface area contributed by atoms with Crippen molar-refractivity contribution in [2.24, 2.45) is 0 Å². The molecular formula is C23H22N2O3S. The Hall–Kier alpha value is -3.01. The van der Waals surface area contributed by atoms with Gasteiger partial charge in [0.1, 0.15) is 12.4 Å². The molecule has 0 unspecified atom stereocenters. The van der Waals surface area contributed by atoms with Crippen molar-refractivity contribution in [2.75, 3.05) is 19.6 Å². The molecule has 3 rings (SSSR count). The van der Waals surface area contributed by atoms with E-state index in [1.54, 1.807) is 6.08 Å². The molecule has 0 aliphatic carbocycles. The Morgan fingerprint density at radius 3 is 2.59 bits per heavy atom. The number of benzene rings is 2. The van der Waals surface area contributed by atoms with Gasteiger partial charge in [0.25, 0.3) is 11.1 Å². The van der Waals surface area contributed by atoms with E-state index in [1.807, 2.05) is 54.6 Å². The normalized spacial score (nSPS) is 15.0. The largest absolute Gasteiger partial charge is 0.489 e. The van der Waals surface area contributed by atoms with Crippen LogP contribution in [0.5, 0.6) is 5.75 Å². The van der Waals surface area contributed by atoms with E-state index in [-0.39, 0.29) is 11.1 Å². The topological polar surface area (TPSA) is 58.6 Å². The molecule has 0 radical (unpaired) electrons. The van der Waals surface area contributed by atoms with Crippen molar-refractivity contribution >= 4 is 29.0 Å². The van der Waals surface area contributed by atoms with Crippen molar-refractivity contribution in [3.63, 3.8) is 0 Å². The molecule has 1 heterocycles. The highest BCUT2D eigenvalue weighted by Gasteiger charge is 2.34. The fourth-order valence-electron chi connectivity index (χ4n) is 2.77. The molecule has 0 saturated carbocycles. The van der Waals surface area contributed by atoms with Crippen LogP contribution in [0.1, 0.15) is 17.5 Å². The van der Waals surface area contributed by atoms with Crippen LogP contribution in [-0.4, -0.2) is 35.7 Å². The monoisotopic (exact) mass is 406 g/mol. The highest BCUT2D eigenvalue weighted by Crippen LogP contribution is 2.32. The number of terminal acetylenes is 1. The van der Waals surface area contributed by atoms with E-state index in [0.717, 1.165) is 28.6 Å². The lowest BCUT2D eigenvalue weighted by atomic mass is 10.2. The summed E-state index contributed by atoms with van der Waals surface area (Å²) in [5.74, 6) is 2.99. The molecule has 1 fully saturated rings. The summed E-state index contributed by atoms with van der Waals surface area (Å²) in [6.07, 6.45) is 7.58. The van der Waals surface area contributed by atoms with Gasteiger partial charge in [-0.05, 0) is 54.1 Å². The van der Waals surface area contributed by atoms with Crippen LogP contribution in [0.15, 0.2) is 59.5 Å². The lowest BCUT2D eigenvalue weighted by molar-refractivity contribution is -0.122. The van der Waals surface area contributed by atoms with Crippen LogP contribution in [0.4, 0.5) is 4.79 Å². The number of rotatable bonds is 9. The summed E-state index contributed by atoms with van der Waals surface area (Å²) in [6.45, 7) is 2.02. The molecule has 29 heavy (non-hydrogen) atoms. The minimum atomic E-state index is -0.249. The first-order chi connectivity index (χ1) is 14.2. The predicted molar refractivity (Wildman–Crippen MR) is 116 cm³/mol. The van der Waals surface area contributed by atoms with Gasteiger partial charge in [-0.1, -0.05) is 48.4 Å². The SMILES string of the molecule is C#CCNCCCN1C(=O)S/C(=C\c2ccc(OCc3ccccc3)cc2)C1=O. The second-order valence-electron chi connectivity index (χ2n) is 6.41. The highest BCUT2D eigenvalue weighted by atomic mass is 32.2. The van der Waals surface area contributed by atoms with Gasteiger partial charge in [-0.2, -0.15) is 0 Å². The lowest BCUT2D eigenvalue weighted by Gasteiger charge is -2.11. The number of carbonyl (C=O) groups is 2. The average molecular weight is 407 g/mol. The first-order valence-electron chi connectivity index (χ1n) is 9.34. The predicted octanol–water partition coefficient (Wildman–Crippen LogP) is 3.91. The maximum Gasteiger partial charge on any atom is 0.293 e. The standard InChI is InChI=1S/C23H22N2O3S/c1-2-13-24-14-6-15-25-22(26)21(29-23(25)27)16-18-9-11-20(12-10-18)28-17-19-7-4-3-5-8-19/h1,3-5,7-12,16,24H,6,13-15,17H2/b21-16-. The van der Waals surface area contributed by atoms with Gasteiger partial charge in [0.15, 0.2) is 0 Å². The summed E-state index contributed by atoms with van der Waals surface area (Å²) in [5, 5.41) is 2.81. The average Bonchev–Trinajstić information content (AvgIpc) is 3.01. The Morgan fingerprint density at radius 1 is 1.10 bits per heavy atom.